The minimum Gasteiger partial charge on any atom is -0.610 e. The molecule has 1 heterocycles. The van der Waals surface area contributed by atoms with Crippen molar-refractivity contribution in [2.75, 3.05) is 13.1 Å². The van der Waals surface area contributed by atoms with Crippen molar-refractivity contribution in [3.8, 4) is 0 Å². The third kappa shape index (κ3) is 4.01. The molecule has 1 aromatic carbocycles. The second-order valence-electron chi connectivity index (χ2n) is 6.39. The highest BCUT2D eigenvalue weighted by Gasteiger charge is 2.43. The first-order valence-electron chi connectivity index (χ1n) is 7.25. The number of likely N-dealkylation sites (tertiary alicyclic amines) is 1. The molecule has 1 aliphatic heterocycles. The van der Waals surface area contributed by atoms with Crippen molar-refractivity contribution in [3.05, 3.63) is 35.9 Å². The Morgan fingerprint density at radius 2 is 1.95 bits per heavy atom. The Kier molecular flexibility index (Phi) is 5.13. The van der Waals surface area contributed by atoms with Crippen molar-refractivity contribution in [2.45, 2.75) is 32.1 Å². The average Bonchev–Trinajstić information content (AvgIpc) is 2.42. The number of ether oxygens (including phenoxy) is 1. The summed E-state index contributed by atoms with van der Waals surface area (Å²) < 4.78 is 16.9. The summed E-state index contributed by atoms with van der Waals surface area (Å²) in [7, 11) is 0. The van der Waals surface area contributed by atoms with E-state index in [0.717, 1.165) is 5.56 Å². The zero-order valence-corrected chi connectivity index (χ0v) is 14.0. The summed E-state index contributed by atoms with van der Waals surface area (Å²) in [5.41, 5.74) is 0.939. The highest BCUT2D eigenvalue weighted by molar-refractivity contribution is 8.07. The van der Waals surface area contributed by atoms with E-state index in [-0.39, 0.29) is 23.7 Å². The van der Waals surface area contributed by atoms with Crippen molar-refractivity contribution in [1.82, 2.24) is 4.90 Å². The summed E-state index contributed by atoms with van der Waals surface area (Å²) in [5.74, 6) is -0.121. The lowest BCUT2D eigenvalue weighted by molar-refractivity contribution is 0.0645. The number of carbonyl (C=O) groups is 1. The molecule has 120 valence electrons. The van der Waals surface area contributed by atoms with Gasteiger partial charge < -0.3 is 14.2 Å². The Hall–Kier alpha value is -1.53. The van der Waals surface area contributed by atoms with Crippen molar-refractivity contribution < 1.29 is 14.1 Å². The van der Waals surface area contributed by atoms with E-state index in [0.29, 0.717) is 13.1 Å². The fourth-order valence-corrected chi connectivity index (χ4v) is 3.20. The van der Waals surface area contributed by atoms with E-state index in [9.17, 15) is 9.35 Å². The van der Waals surface area contributed by atoms with Crippen LogP contribution in [0.5, 0.6) is 0 Å². The van der Waals surface area contributed by atoms with Crippen LogP contribution in [0.3, 0.4) is 0 Å². The Bertz CT molecular complexity index is 536. The second kappa shape index (κ2) is 6.71. The number of hydrogen-bond acceptors (Lipinski definition) is 4. The number of carbonyl (C=O) groups excluding carboxylic acids is 1. The van der Waals surface area contributed by atoms with Crippen LogP contribution in [-0.4, -0.2) is 38.4 Å². The minimum atomic E-state index is -1.32. The predicted octanol–water partition coefficient (Wildman–Crippen LogP) is 2.78. The number of hydrogen-bond donors (Lipinski definition) is 1. The number of benzene rings is 1. The van der Waals surface area contributed by atoms with Gasteiger partial charge in [0.15, 0.2) is 0 Å². The number of rotatable bonds is 3. The lowest BCUT2D eigenvalue weighted by atomic mass is 10.0. The van der Waals surface area contributed by atoms with Gasteiger partial charge in [-0.1, -0.05) is 30.3 Å². The molecule has 1 saturated heterocycles. The van der Waals surface area contributed by atoms with Gasteiger partial charge in [-0.25, -0.2) is 4.79 Å². The smallest absolute Gasteiger partial charge is 0.410 e. The quantitative estimate of drug-likeness (QED) is 0.528. The van der Waals surface area contributed by atoms with Gasteiger partial charge in [-0.05, 0) is 26.3 Å². The summed E-state index contributed by atoms with van der Waals surface area (Å²) in [6.07, 6.45) is -0.380. The van der Waals surface area contributed by atoms with Crippen molar-refractivity contribution in [2.24, 2.45) is 5.92 Å². The van der Waals surface area contributed by atoms with Crippen LogP contribution in [0.1, 0.15) is 26.3 Å². The Morgan fingerprint density at radius 3 is 2.50 bits per heavy atom. The lowest BCUT2D eigenvalue weighted by Gasteiger charge is -2.39. The predicted molar refractivity (Wildman–Crippen MR) is 87.3 cm³/mol. The first-order valence-corrected chi connectivity index (χ1v) is 8.40. The molecule has 0 saturated carbocycles. The van der Waals surface area contributed by atoms with Gasteiger partial charge in [-0.3, -0.25) is 5.41 Å². The summed E-state index contributed by atoms with van der Waals surface area (Å²) in [5, 5.41) is 8.22. The topological polar surface area (TPSA) is 76.5 Å². The molecule has 0 aromatic heterocycles. The van der Waals surface area contributed by atoms with Crippen LogP contribution in [0.2, 0.25) is 0 Å². The van der Waals surface area contributed by atoms with Gasteiger partial charge in [-0.2, -0.15) is 0 Å². The molecule has 0 spiro atoms. The van der Waals surface area contributed by atoms with Crippen LogP contribution in [0.4, 0.5) is 4.79 Å². The Morgan fingerprint density at radius 1 is 1.36 bits per heavy atom. The molecule has 1 fully saturated rings. The first kappa shape index (κ1) is 16.8. The molecule has 0 radical (unpaired) electrons. The van der Waals surface area contributed by atoms with Crippen LogP contribution in [-0.2, 0) is 22.5 Å². The van der Waals surface area contributed by atoms with Crippen LogP contribution in [0, 0.1) is 11.3 Å². The van der Waals surface area contributed by atoms with E-state index in [4.69, 9.17) is 10.1 Å². The maximum Gasteiger partial charge on any atom is 0.410 e. The van der Waals surface area contributed by atoms with E-state index in [1.807, 2.05) is 51.1 Å². The standard InChI is InChI=1S/C16H22N2O3S/c1-16(2,3)22(20)14(17)13-9-18(10-13)15(19)21-11-12-7-5-4-6-8-12/h4-8,13,17H,9-11H2,1-3H3. The van der Waals surface area contributed by atoms with E-state index in [1.165, 1.54) is 0 Å². The minimum absolute atomic E-state index is 0.121. The molecule has 5 nitrogen and oxygen atoms in total. The number of nitrogens with one attached hydrogen (secondary N) is 1. The summed E-state index contributed by atoms with van der Waals surface area (Å²) in [6.45, 7) is 6.61. The van der Waals surface area contributed by atoms with Gasteiger partial charge in [-0.15, -0.1) is 0 Å². The average molecular weight is 322 g/mol. The zero-order chi connectivity index (χ0) is 16.3. The van der Waals surface area contributed by atoms with Gasteiger partial charge >= 0.3 is 6.09 Å². The summed E-state index contributed by atoms with van der Waals surface area (Å²) in [6, 6.07) is 9.49. The summed E-state index contributed by atoms with van der Waals surface area (Å²) >= 11 is -1.32. The van der Waals surface area contributed by atoms with Gasteiger partial charge in [0.25, 0.3) is 0 Å². The number of amides is 1. The molecule has 1 N–H and O–H groups in total. The maximum atomic E-state index is 12.1. The molecule has 2 rings (SSSR count). The largest absolute Gasteiger partial charge is 0.610 e. The molecule has 1 unspecified atom stereocenters. The zero-order valence-electron chi connectivity index (χ0n) is 13.2. The lowest BCUT2D eigenvalue weighted by Crippen LogP contribution is -2.55. The van der Waals surface area contributed by atoms with Crippen LogP contribution in [0.25, 0.3) is 0 Å². The van der Waals surface area contributed by atoms with E-state index < -0.39 is 15.9 Å². The fraction of sp³-hybridized carbons (Fsp3) is 0.500. The maximum absolute atomic E-state index is 12.1. The first-order chi connectivity index (χ1) is 10.3. The van der Waals surface area contributed by atoms with E-state index >= 15 is 0 Å². The fourth-order valence-electron chi connectivity index (χ4n) is 2.09. The van der Waals surface area contributed by atoms with E-state index in [2.05, 4.69) is 0 Å². The summed E-state index contributed by atoms with van der Waals surface area (Å²) in [4.78, 5) is 13.4. The third-order valence-electron chi connectivity index (χ3n) is 3.47. The molecular formula is C16H22N2O3S. The van der Waals surface area contributed by atoms with Crippen LogP contribution >= 0.6 is 0 Å². The normalized spacial score (nSPS) is 16.8. The second-order valence-corrected chi connectivity index (χ2v) is 8.59. The SMILES string of the molecule is CC(C)(C)[S+]([O-])C(=N)C1CN(C(=O)OCc2ccccc2)C1. The van der Waals surface area contributed by atoms with Crippen LogP contribution < -0.4 is 0 Å². The molecule has 22 heavy (non-hydrogen) atoms. The molecule has 1 atom stereocenters. The highest BCUT2D eigenvalue weighted by atomic mass is 32.2. The molecule has 1 aromatic rings. The molecular weight excluding hydrogens is 300 g/mol. The van der Waals surface area contributed by atoms with Gasteiger partial charge in [0, 0.05) is 24.3 Å². The van der Waals surface area contributed by atoms with Crippen molar-refractivity contribution >= 4 is 22.3 Å². The van der Waals surface area contributed by atoms with Crippen molar-refractivity contribution in [1.29, 1.82) is 5.41 Å². The molecule has 0 bridgehead atoms. The Balaban J connectivity index is 1.76. The van der Waals surface area contributed by atoms with Gasteiger partial charge in [0.2, 0.25) is 5.04 Å². The monoisotopic (exact) mass is 322 g/mol. The van der Waals surface area contributed by atoms with Crippen LogP contribution in [0.15, 0.2) is 30.3 Å². The molecule has 1 aliphatic rings. The van der Waals surface area contributed by atoms with Gasteiger partial charge in [0.1, 0.15) is 11.4 Å². The highest BCUT2D eigenvalue weighted by Crippen LogP contribution is 2.26. The molecule has 6 heteroatoms. The van der Waals surface area contributed by atoms with E-state index in [1.54, 1.807) is 4.90 Å². The third-order valence-corrected chi connectivity index (χ3v) is 5.32. The Labute approximate surface area is 134 Å². The number of nitrogens with zero attached hydrogens (tertiary/aromatic N) is 1. The van der Waals surface area contributed by atoms with Crippen molar-refractivity contribution in [3.63, 3.8) is 0 Å². The molecule has 0 aliphatic carbocycles. The van der Waals surface area contributed by atoms with Gasteiger partial charge in [0.05, 0.1) is 5.92 Å². The molecule has 1 amide bonds.